The number of amides is 1. The van der Waals surface area contributed by atoms with Gasteiger partial charge in [0.25, 0.3) is 15.9 Å². The molecule has 0 atom stereocenters. The topological polar surface area (TPSA) is 91.9 Å². The van der Waals surface area contributed by atoms with Crippen molar-refractivity contribution in [3.63, 3.8) is 0 Å². The number of halogens is 3. The van der Waals surface area contributed by atoms with E-state index in [0.29, 0.717) is 0 Å². The fourth-order valence-electron chi connectivity index (χ4n) is 2.58. The van der Waals surface area contributed by atoms with Gasteiger partial charge in [0.05, 0.1) is 10.6 Å². The molecule has 0 saturated heterocycles. The Bertz CT molecular complexity index is 1140. The minimum atomic E-state index is -4.27. The minimum Gasteiger partial charge on any atom is -0.341 e. The lowest BCUT2D eigenvalue weighted by atomic mass is 10.2. The molecule has 1 amide bonds. The predicted octanol–water partition coefficient (Wildman–Crippen LogP) is 3.69. The number of rotatable bonds is 5. The molecule has 3 aromatic rings. The number of nitrogens with zero attached hydrogens (tertiary/aromatic N) is 1. The molecule has 0 aliphatic carbocycles. The third kappa shape index (κ3) is 3.76. The first-order valence-corrected chi connectivity index (χ1v) is 9.95. The maximum atomic E-state index is 14.0. The van der Waals surface area contributed by atoms with Crippen LogP contribution in [-0.2, 0) is 16.4 Å². The zero-order chi connectivity index (χ0) is 20.5. The Balaban J connectivity index is 1.99. The second-order valence-corrected chi connectivity index (χ2v) is 7.79. The van der Waals surface area contributed by atoms with E-state index in [9.17, 15) is 22.0 Å². The Morgan fingerprint density at radius 1 is 1.14 bits per heavy atom. The largest absolute Gasteiger partial charge is 0.341 e. The minimum absolute atomic E-state index is 0.0605. The van der Waals surface area contributed by atoms with Gasteiger partial charge in [-0.15, -0.1) is 0 Å². The number of aromatic amines is 1. The lowest BCUT2D eigenvalue weighted by Crippen LogP contribution is -2.31. The summed E-state index contributed by atoms with van der Waals surface area (Å²) in [7, 11) is -4.27. The Morgan fingerprint density at radius 3 is 2.39 bits per heavy atom. The van der Waals surface area contributed by atoms with Crippen molar-refractivity contribution >= 4 is 27.5 Å². The normalized spacial score (nSPS) is 11.4. The number of sulfonamides is 1. The van der Waals surface area contributed by atoms with Crippen LogP contribution in [0.2, 0.25) is 5.02 Å². The van der Waals surface area contributed by atoms with Crippen molar-refractivity contribution in [3.8, 4) is 11.4 Å². The molecule has 3 rings (SSSR count). The Kier molecular flexibility index (Phi) is 5.48. The summed E-state index contributed by atoms with van der Waals surface area (Å²) in [6, 6.07) is 8.90. The number of H-pyrrole nitrogens is 1. The van der Waals surface area contributed by atoms with E-state index in [-0.39, 0.29) is 33.6 Å². The number of carbonyl (C=O) groups is 1. The standard InChI is InChI=1S/C18H14ClF2N3O3S/c1-2-13-16(23-17(22-13)15-11(20)7-5-8-12(15)21)18(25)24-28(26,27)14-9-4-3-6-10(14)19/h3-9H,2H2,1H3,(H,22,23)(H,24,25). The van der Waals surface area contributed by atoms with Crippen LogP contribution in [0, 0.1) is 11.6 Å². The van der Waals surface area contributed by atoms with Crippen LogP contribution >= 0.6 is 11.6 Å². The highest BCUT2D eigenvalue weighted by molar-refractivity contribution is 7.90. The number of hydrogen-bond donors (Lipinski definition) is 2. The van der Waals surface area contributed by atoms with Crippen LogP contribution in [0.4, 0.5) is 8.78 Å². The third-order valence-electron chi connectivity index (χ3n) is 3.90. The Morgan fingerprint density at radius 2 is 1.79 bits per heavy atom. The molecule has 0 saturated carbocycles. The molecule has 1 heterocycles. The van der Waals surface area contributed by atoms with Gasteiger partial charge < -0.3 is 4.98 Å². The monoisotopic (exact) mass is 425 g/mol. The third-order valence-corrected chi connectivity index (χ3v) is 5.73. The first-order valence-electron chi connectivity index (χ1n) is 8.09. The van der Waals surface area contributed by atoms with Crippen molar-refractivity contribution in [2.24, 2.45) is 0 Å². The van der Waals surface area contributed by atoms with Crippen molar-refractivity contribution in [2.45, 2.75) is 18.2 Å². The summed E-state index contributed by atoms with van der Waals surface area (Å²) in [6.45, 7) is 1.67. The van der Waals surface area contributed by atoms with E-state index < -0.39 is 33.1 Å². The Hall–Kier alpha value is -2.78. The number of aromatic nitrogens is 2. The molecule has 0 aliphatic rings. The van der Waals surface area contributed by atoms with Crippen molar-refractivity contribution in [2.75, 3.05) is 0 Å². The fourth-order valence-corrected chi connectivity index (χ4v) is 4.06. The summed E-state index contributed by atoms with van der Waals surface area (Å²) in [5.41, 5.74) is -0.495. The number of hydrogen-bond acceptors (Lipinski definition) is 4. The van der Waals surface area contributed by atoms with Gasteiger partial charge in [-0.1, -0.05) is 36.7 Å². The molecule has 10 heteroatoms. The summed E-state index contributed by atoms with van der Waals surface area (Å²) >= 11 is 5.88. The van der Waals surface area contributed by atoms with E-state index in [1.54, 1.807) is 13.0 Å². The molecule has 2 N–H and O–H groups in total. The van der Waals surface area contributed by atoms with Crippen LogP contribution in [0.25, 0.3) is 11.4 Å². The summed E-state index contributed by atoms with van der Waals surface area (Å²) in [5.74, 6) is -3.00. The molecular weight excluding hydrogens is 412 g/mol. The van der Waals surface area contributed by atoms with Gasteiger partial charge in [0, 0.05) is 5.69 Å². The highest BCUT2D eigenvalue weighted by Gasteiger charge is 2.26. The van der Waals surface area contributed by atoms with Gasteiger partial charge in [0.2, 0.25) is 0 Å². The van der Waals surface area contributed by atoms with Gasteiger partial charge in [-0.2, -0.15) is 0 Å². The zero-order valence-electron chi connectivity index (χ0n) is 14.5. The lowest BCUT2D eigenvalue weighted by Gasteiger charge is -2.07. The van der Waals surface area contributed by atoms with Crippen molar-refractivity contribution in [1.82, 2.24) is 14.7 Å². The SMILES string of the molecule is CCc1[nH]c(-c2c(F)cccc2F)nc1C(=O)NS(=O)(=O)c1ccccc1Cl. The molecule has 0 radical (unpaired) electrons. The zero-order valence-corrected chi connectivity index (χ0v) is 16.0. The fraction of sp³-hybridized carbons (Fsp3) is 0.111. The predicted molar refractivity (Wildman–Crippen MR) is 99.4 cm³/mol. The quantitative estimate of drug-likeness (QED) is 0.652. The lowest BCUT2D eigenvalue weighted by molar-refractivity contribution is 0.0976. The van der Waals surface area contributed by atoms with Crippen molar-refractivity contribution in [1.29, 1.82) is 0 Å². The summed E-state index contributed by atoms with van der Waals surface area (Å²) < 4.78 is 54.8. The van der Waals surface area contributed by atoms with E-state index in [1.165, 1.54) is 24.3 Å². The molecule has 1 aromatic heterocycles. The first kappa shape index (κ1) is 20.0. The smallest absolute Gasteiger partial charge is 0.285 e. The molecule has 0 spiro atoms. The van der Waals surface area contributed by atoms with Crippen LogP contribution in [0.3, 0.4) is 0 Å². The van der Waals surface area contributed by atoms with Gasteiger partial charge in [-0.05, 0) is 30.7 Å². The first-order chi connectivity index (χ1) is 13.2. The van der Waals surface area contributed by atoms with Gasteiger partial charge in [-0.25, -0.2) is 26.9 Å². The summed E-state index contributed by atoms with van der Waals surface area (Å²) in [5, 5.41) is -0.0605. The van der Waals surface area contributed by atoms with E-state index in [0.717, 1.165) is 12.1 Å². The average molecular weight is 426 g/mol. The van der Waals surface area contributed by atoms with Crippen LogP contribution < -0.4 is 4.72 Å². The highest BCUT2D eigenvalue weighted by atomic mass is 35.5. The van der Waals surface area contributed by atoms with Gasteiger partial charge in [0.1, 0.15) is 22.4 Å². The molecule has 2 aromatic carbocycles. The molecule has 6 nitrogen and oxygen atoms in total. The molecule has 0 aliphatic heterocycles. The maximum absolute atomic E-state index is 14.0. The Labute approximate surface area is 164 Å². The van der Waals surface area contributed by atoms with Gasteiger partial charge in [-0.3, -0.25) is 4.79 Å². The van der Waals surface area contributed by atoms with E-state index in [2.05, 4.69) is 9.97 Å². The number of nitrogens with one attached hydrogen (secondary N) is 2. The van der Waals surface area contributed by atoms with Crippen LogP contribution in [0.5, 0.6) is 0 Å². The molecular formula is C18H14ClF2N3O3S. The van der Waals surface area contributed by atoms with Crippen LogP contribution in [0.15, 0.2) is 47.4 Å². The summed E-state index contributed by atoms with van der Waals surface area (Å²) in [4.78, 5) is 18.9. The summed E-state index contributed by atoms with van der Waals surface area (Å²) in [6.07, 6.45) is 0.248. The second kappa shape index (κ2) is 7.69. The van der Waals surface area contributed by atoms with E-state index in [4.69, 9.17) is 11.6 Å². The van der Waals surface area contributed by atoms with E-state index >= 15 is 0 Å². The van der Waals surface area contributed by atoms with Crippen LogP contribution in [-0.4, -0.2) is 24.3 Å². The van der Waals surface area contributed by atoms with Crippen molar-refractivity contribution < 1.29 is 22.0 Å². The second-order valence-electron chi connectivity index (χ2n) is 5.73. The van der Waals surface area contributed by atoms with Gasteiger partial charge in [0.15, 0.2) is 5.69 Å². The highest BCUT2D eigenvalue weighted by Crippen LogP contribution is 2.25. The van der Waals surface area contributed by atoms with Crippen molar-refractivity contribution in [3.05, 3.63) is 70.5 Å². The van der Waals surface area contributed by atoms with Crippen LogP contribution in [0.1, 0.15) is 23.1 Å². The van der Waals surface area contributed by atoms with E-state index in [1.807, 2.05) is 4.72 Å². The molecule has 0 bridgehead atoms. The van der Waals surface area contributed by atoms with Gasteiger partial charge >= 0.3 is 0 Å². The molecule has 0 unspecified atom stereocenters. The number of benzene rings is 2. The average Bonchev–Trinajstić information content (AvgIpc) is 3.05. The molecule has 146 valence electrons. The molecule has 28 heavy (non-hydrogen) atoms. The maximum Gasteiger partial charge on any atom is 0.285 e. The number of imidazole rings is 1. The number of aryl methyl sites for hydroxylation is 1. The number of carbonyl (C=O) groups excluding carboxylic acids is 1. The molecule has 0 fully saturated rings.